The van der Waals surface area contributed by atoms with E-state index < -0.39 is 15.7 Å². The van der Waals surface area contributed by atoms with E-state index in [-0.39, 0.29) is 15.5 Å². The predicted molar refractivity (Wildman–Crippen MR) is 108 cm³/mol. The van der Waals surface area contributed by atoms with Gasteiger partial charge in [0.2, 0.25) is 0 Å². The van der Waals surface area contributed by atoms with E-state index in [0.29, 0.717) is 5.13 Å². The van der Waals surface area contributed by atoms with Gasteiger partial charge in [-0.05, 0) is 30.3 Å². The van der Waals surface area contributed by atoms with Gasteiger partial charge in [-0.1, -0.05) is 39.7 Å². The monoisotopic (exact) mass is 470 g/mol. The molecular formula is C17H12BrClN2O3S2. The summed E-state index contributed by atoms with van der Waals surface area (Å²) >= 11 is 10.6. The first kappa shape index (κ1) is 19.0. The summed E-state index contributed by atoms with van der Waals surface area (Å²) in [6.45, 7) is 0. The quantitative estimate of drug-likeness (QED) is 0.588. The fraction of sp³-hybridized carbons (Fsp3) is 0.0588. The van der Waals surface area contributed by atoms with E-state index in [9.17, 15) is 13.2 Å². The molecule has 26 heavy (non-hydrogen) atoms. The fourth-order valence-corrected chi connectivity index (χ4v) is 4.46. The molecular weight excluding hydrogens is 460 g/mol. The molecule has 0 unspecified atom stereocenters. The van der Waals surface area contributed by atoms with Gasteiger partial charge in [0, 0.05) is 27.2 Å². The number of nitrogens with zero attached hydrogens (tertiary/aromatic N) is 1. The Kier molecular flexibility index (Phi) is 5.47. The van der Waals surface area contributed by atoms with Gasteiger partial charge >= 0.3 is 0 Å². The zero-order valence-electron chi connectivity index (χ0n) is 13.4. The predicted octanol–water partition coefficient (Wildman–Crippen LogP) is 4.88. The number of hydrogen-bond donors (Lipinski definition) is 1. The van der Waals surface area contributed by atoms with E-state index in [4.69, 9.17) is 11.6 Å². The number of aromatic nitrogens is 1. The highest BCUT2D eigenvalue weighted by Gasteiger charge is 2.17. The summed E-state index contributed by atoms with van der Waals surface area (Å²) in [7, 11) is -3.53. The Balaban J connectivity index is 1.82. The number of carbonyl (C=O) groups is 1. The number of hydrogen-bond acceptors (Lipinski definition) is 5. The van der Waals surface area contributed by atoms with Crippen LogP contribution in [0.3, 0.4) is 0 Å². The number of halogens is 2. The van der Waals surface area contributed by atoms with Gasteiger partial charge in [-0.3, -0.25) is 10.1 Å². The first-order valence-electron chi connectivity index (χ1n) is 7.26. The molecule has 9 heteroatoms. The zero-order valence-corrected chi connectivity index (χ0v) is 17.3. The van der Waals surface area contributed by atoms with E-state index in [2.05, 4.69) is 26.2 Å². The lowest BCUT2D eigenvalue weighted by Crippen LogP contribution is -2.12. The van der Waals surface area contributed by atoms with Crippen LogP contribution in [0.25, 0.3) is 11.3 Å². The summed E-state index contributed by atoms with van der Waals surface area (Å²) < 4.78 is 24.4. The second kappa shape index (κ2) is 7.48. The van der Waals surface area contributed by atoms with Crippen molar-refractivity contribution in [3.05, 3.63) is 62.9 Å². The van der Waals surface area contributed by atoms with Gasteiger partial charge in [0.05, 0.1) is 15.6 Å². The zero-order chi connectivity index (χ0) is 18.9. The molecule has 1 N–H and O–H groups in total. The Morgan fingerprint density at radius 2 is 1.88 bits per heavy atom. The van der Waals surface area contributed by atoms with Crippen LogP contribution >= 0.6 is 38.9 Å². The van der Waals surface area contributed by atoms with Crippen LogP contribution in [-0.4, -0.2) is 25.6 Å². The second-order valence-electron chi connectivity index (χ2n) is 5.42. The highest BCUT2D eigenvalue weighted by Crippen LogP contribution is 2.27. The maximum absolute atomic E-state index is 12.4. The topological polar surface area (TPSA) is 76.1 Å². The molecule has 134 valence electrons. The van der Waals surface area contributed by atoms with Gasteiger partial charge in [-0.25, -0.2) is 13.4 Å². The Morgan fingerprint density at radius 1 is 1.19 bits per heavy atom. The normalized spacial score (nSPS) is 11.3. The number of benzene rings is 2. The molecule has 0 aliphatic rings. The molecule has 0 fully saturated rings. The molecule has 0 atom stereocenters. The van der Waals surface area contributed by atoms with Gasteiger partial charge in [0.1, 0.15) is 0 Å². The number of amides is 1. The molecule has 0 saturated heterocycles. The number of sulfone groups is 1. The van der Waals surface area contributed by atoms with E-state index in [1.165, 1.54) is 29.5 Å². The summed E-state index contributed by atoms with van der Waals surface area (Å²) in [5.41, 5.74) is 1.86. The van der Waals surface area contributed by atoms with Gasteiger partial charge in [0.25, 0.3) is 5.91 Å². The Bertz CT molecular complexity index is 1080. The third-order valence-electron chi connectivity index (χ3n) is 3.46. The Hall–Kier alpha value is -1.74. The second-order valence-corrected chi connectivity index (χ2v) is 9.58. The van der Waals surface area contributed by atoms with Crippen LogP contribution in [-0.2, 0) is 9.84 Å². The van der Waals surface area contributed by atoms with Crippen molar-refractivity contribution in [2.24, 2.45) is 0 Å². The summed E-state index contributed by atoms with van der Waals surface area (Å²) in [4.78, 5) is 16.7. The van der Waals surface area contributed by atoms with Crippen molar-refractivity contribution in [1.29, 1.82) is 0 Å². The smallest absolute Gasteiger partial charge is 0.257 e. The van der Waals surface area contributed by atoms with Gasteiger partial charge < -0.3 is 0 Å². The molecule has 5 nitrogen and oxygen atoms in total. The molecule has 1 amide bonds. The largest absolute Gasteiger partial charge is 0.298 e. The average molecular weight is 472 g/mol. The van der Waals surface area contributed by atoms with E-state index in [0.717, 1.165) is 22.0 Å². The van der Waals surface area contributed by atoms with Gasteiger partial charge in [0.15, 0.2) is 15.0 Å². The molecule has 1 aromatic heterocycles. The molecule has 3 rings (SSSR count). The molecule has 0 aliphatic carbocycles. The summed E-state index contributed by atoms with van der Waals surface area (Å²) in [6, 6.07) is 11.8. The van der Waals surface area contributed by atoms with Crippen LogP contribution in [0, 0.1) is 0 Å². The Labute approximate surface area is 168 Å². The number of rotatable bonds is 4. The van der Waals surface area contributed by atoms with Crippen LogP contribution in [0.5, 0.6) is 0 Å². The van der Waals surface area contributed by atoms with Gasteiger partial charge in [-0.2, -0.15) is 0 Å². The van der Waals surface area contributed by atoms with Crippen LogP contribution in [0.2, 0.25) is 5.02 Å². The van der Waals surface area contributed by atoms with Crippen molar-refractivity contribution in [3.63, 3.8) is 0 Å². The molecule has 0 saturated carbocycles. The van der Waals surface area contributed by atoms with E-state index >= 15 is 0 Å². The lowest BCUT2D eigenvalue weighted by atomic mass is 10.2. The molecule has 0 bridgehead atoms. The highest BCUT2D eigenvalue weighted by molar-refractivity contribution is 9.10. The van der Waals surface area contributed by atoms with Crippen LogP contribution < -0.4 is 5.32 Å². The minimum absolute atomic E-state index is 0.0795. The molecule has 3 aromatic rings. The molecule has 1 heterocycles. The van der Waals surface area contributed by atoms with Crippen LogP contribution in [0.4, 0.5) is 5.13 Å². The number of nitrogens with one attached hydrogen (secondary N) is 1. The number of carbonyl (C=O) groups excluding carboxylic acids is 1. The van der Waals surface area contributed by atoms with Gasteiger partial charge in [-0.15, -0.1) is 11.3 Å². The van der Waals surface area contributed by atoms with E-state index in [1.54, 1.807) is 0 Å². The SMILES string of the molecule is CS(=O)(=O)c1cc(C(=O)Nc2nc(-c3ccc(Br)cc3)cs2)ccc1Cl. The van der Waals surface area contributed by atoms with Crippen LogP contribution in [0.15, 0.2) is 57.2 Å². The standard InChI is InChI=1S/C17H12BrClN2O3S2/c1-26(23,24)15-8-11(4-7-13(15)19)16(22)21-17-20-14(9-25-17)10-2-5-12(18)6-3-10/h2-9H,1H3,(H,20,21,22). The fourth-order valence-electron chi connectivity index (χ4n) is 2.18. The van der Waals surface area contributed by atoms with Crippen molar-refractivity contribution in [2.45, 2.75) is 4.90 Å². The molecule has 0 aliphatic heterocycles. The number of anilines is 1. The van der Waals surface area contributed by atoms with Crippen molar-refractivity contribution in [2.75, 3.05) is 11.6 Å². The minimum atomic E-state index is -3.53. The highest BCUT2D eigenvalue weighted by atomic mass is 79.9. The lowest BCUT2D eigenvalue weighted by Gasteiger charge is -2.06. The maximum Gasteiger partial charge on any atom is 0.257 e. The summed E-state index contributed by atoms with van der Waals surface area (Å²) in [5, 5.41) is 5.01. The minimum Gasteiger partial charge on any atom is -0.298 e. The summed E-state index contributed by atoms with van der Waals surface area (Å²) in [5.74, 6) is -0.455. The first-order valence-corrected chi connectivity index (χ1v) is 11.2. The van der Waals surface area contributed by atoms with Crippen molar-refractivity contribution >= 4 is 59.7 Å². The lowest BCUT2D eigenvalue weighted by molar-refractivity contribution is 0.102. The molecule has 2 aromatic carbocycles. The average Bonchev–Trinajstić information content (AvgIpc) is 3.03. The van der Waals surface area contributed by atoms with Crippen LogP contribution in [0.1, 0.15) is 10.4 Å². The number of thiazole rings is 1. The van der Waals surface area contributed by atoms with E-state index in [1.807, 2.05) is 29.6 Å². The molecule has 0 radical (unpaired) electrons. The third kappa shape index (κ3) is 4.32. The Morgan fingerprint density at radius 3 is 2.54 bits per heavy atom. The molecule has 0 spiro atoms. The first-order chi connectivity index (χ1) is 12.2. The summed E-state index contributed by atoms with van der Waals surface area (Å²) in [6.07, 6.45) is 1.04. The van der Waals surface area contributed by atoms with Crippen molar-refractivity contribution in [3.8, 4) is 11.3 Å². The van der Waals surface area contributed by atoms with Crippen molar-refractivity contribution in [1.82, 2.24) is 4.98 Å². The van der Waals surface area contributed by atoms with Crippen molar-refractivity contribution < 1.29 is 13.2 Å². The maximum atomic E-state index is 12.4. The third-order valence-corrected chi connectivity index (χ3v) is 6.32.